The van der Waals surface area contributed by atoms with Crippen molar-refractivity contribution in [3.8, 4) is 11.4 Å². The summed E-state index contributed by atoms with van der Waals surface area (Å²) in [5.74, 6) is 0.463. The monoisotopic (exact) mass is 401 g/mol. The number of halogens is 3. The van der Waals surface area contributed by atoms with Crippen LogP contribution in [0.25, 0.3) is 11.4 Å². The fourth-order valence-corrected chi connectivity index (χ4v) is 3.73. The topological polar surface area (TPSA) is 46.8 Å². The van der Waals surface area contributed by atoms with E-state index in [9.17, 15) is 13.2 Å². The molecule has 0 N–H and O–H groups in total. The minimum Gasteiger partial charge on any atom is -0.294 e. The van der Waals surface area contributed by atoms with E-state index < -0.39 is 11.7 Å². The molecule has 0 saturated carbocycles. The molecule has 3 heterocycles. The Balaban J connectivity index is 1.51. The third-order valence-electron chi connectivity index (χ3n) is 5.52. The van der Waals surface area contributed by atoms with Gasteiger partial charge in [-0.3, -0.25) is 9.58 Å². The maximum Gasteiger partial charge on any atom is 0.416 e. The first kappa shape index (κ1) is 19.6. The Labute approximate surface area is 167 Å². The van der Waals surface area contributed by atoms with Crippen molar-refractivity contribution in [1.82, 2.24) is 24.6 Å². The fourth-order valence-electron chi connectivity index (χ4n) is 3.73. The van der Waals surface area contributed by atoms with E-state index in [1.807, 2.05) is 18.7 Å². The lowest BCUT2D eigenvalue weighted by atomic mass is 10.0. The molecule has 0 spiro atoms. The van der Waals surface area contributed by atoms with E-state index in [0.717, 1.165) is 55.1 Å². The minimum absolute atomic E-state index is 0.463. The van der Waals surface area contributed by atoms with Gasteiger partial charge < -0.3 is 0 Å². The van der Waals surface area contributed by atoms with Crippen LogP contribution in [0.5, 0.6) is 0 Å². The van der Waals surface area contributed by atoms with Crippen LogP contribution in [0, 0.1) is 13.8 Å². The number of nitrogens with zero attached hydrogens (tertiary/aromatic N) is 5. The molecule has 1 aliphatic rings. The van der Waals surface area contributed by atoms with Gasteiger partial charge in [-0.15, -0.1) is 0 Å². The first-order valence-corrected chi connectivity index (χ1v) is 9.46. The van der Waals surface area contributed by atoms with Crippen molar-refractivity contribution in [2.75, 3.05) is 6.54 Å². The van der Waals surface area contributed by atoms with Gasteiger partial charge in [-0.2, -0.15) is 18.3 Å². The predicted molar refractivity (Wildman–Crippen MR) is 103 cm³/mol. The molecule has 0 unspecified atom stereocenters. The number of aromatic nitrogens is 4. The summed E-state index contributed by atoms with van der Waals surface area (Å²) in [6.45, 7) is 6.54. The van der Waals surface area contributed by atoms with E-state index in [2.05, 4.69) is 26.9 Å². The van der Waals surface area contributed by atoms with Crippen molar-refractivity contribution in [3.05, 3.63) is 64.2 Å². The van der Waals surface area contributed by atoms with Gasteiger partial charge in [0, 0.05) is 61.7 Å². The summed E-state index contributed by atoms with van der Waals surface area (Å²) < 4.78 is 40.2. The zero-order valence-corrected chi connectivity index (χ0v) is 16.6. The molecule has 0 fully saturated rings. The van der Waals surface area contributed by atoms with Crippen LogP contribution in [0.1, 0.15) is 33.8 Å². The quantitative estimate of drug-likeness (QED) is 0.664. The molecular formula is C21H22F3N5. The molecule has 152 valence electrons. The van der Waals surface area contributed by atoms with E-state index in [0.29, 0.717) is 11.4 Å². The van der Waals surface area contributed by atoms with Crippen molar-refractivity contribution in [1.29, 1.82) is 0 Å². The summed E-state index contributed by atoms with van der Waals surface area (Å²) in [5, 5.41) is 4.48. The second-order valence-corrected chi connectivity index (χ2v) is 7.47. The van der Waals surface area contributed by atoms with E-state index >= 15 is 0 Å². The highest BCUT2D eigenvalue weighted by Gasteiger charge is 2.30. The Hall–Kier alpha value is -2.74. The number of hydrogen-bond donors (Lipinski definition) is 0. The summed E-state index contributed by atoms with van der Waals surface area (Å²) in [4.78, 5) is 11.4. The van der Waals surface area contributed by atoms with E-state index in [1.54, 1.807) is 6.20 Å². The van der Waals surface area contributed by atoms with Crippen molar-refractivity contribution < 1.29 is 13.2 Å². The second-order valence-electron chi connectivity index (χ2n) is 7.47. The molecule has 0 radical (unpaired) electrons. The van der Waals surface area contributed by atoms with Gasteiger partial charge in [0.15, 0.2) is 5.82 Å². The summed E-state index contributed by atoms with van der Waals surface area (Å²) >= 11 is 0. The standard InChI is InChI=1S/C21H22F3N5/c1-13-18(14(2)28(3)27-13)12-29-9-8-19-16(11-29)10-25-20(26-19)15-4-6-17(7-5-15)21(22,23)24/h4-7,10H,8-9,11-12H2,1-3H3. The Kier molecular flexibility index (Phi) is 4.90. The molecule has 8 heteroatoms. The van der Waals surface area contributed by atoms with E-state index in [4.69, 9.17) is 0 Å². The molecule has 5 nitrogen and oxygen atoms in total. The third kappa shape index (κ3) is 3.89. The second kappa shape index (κ2) is 7.26. The highest BCUT2D eigenvalue weighted by Crippen LogP contribution is 2.30. The average molecular weight is 401 g/mol. The van der Waals surface area contributed by atoms with E-state index in [-0.39, 0.29) is 0 Å². The molecule has 0 saturated heterocycles. The summed E-state index contributed by atoms with van der Waals surface area (Å²) in [6, 6.07) is 4.98. The molecule has 0 aliphatic carbocycles. The van der Waals surface area contributed by atoms with Crippen molar-refractivity contribution in [2.24, 2.45) is 7.05 Å². The molecule has 4 rings (SSSR count). The maximum absolute atomic E-state index is 12.8. The largest absolute Gasteiger partial charge is 0.416 e. The number of rotatable bonds is 3. The molecule has 1 aliphatic heterocycles. The van der Waals surface area contributed by atoms with Crippen LogP contribution in [-0.2, 0) is 32.7 Å². The molecular weight excluding hydrogens is 379 g/mol. The van der Waals surface area contributed by atoms with Crippen LogP contribution in [0.3, 0.4) is 0 Å². The van der Waals surface area contributed by atoms with Gasteiger partial charge in [0.05, 0.1) is 17.0 Å². The minimum atomic E-state index is -4.34. The zero-order valence-electron chi connectivity index (χ0n) is 16.6. The highest BCUT2D eigenvalue weighted by molar-refractivity contribution is 5.56. The van der Waals surface area contributed by atoms with Gasteiger partial charge in [-0.25, -0.2) is 9.97 Å². The zero-order chi connectivity index (χ0) is 20.8. The molecule has 0 bridgehead atoms. The van der Waals surface area contributed by atoms with Gasteiger partial charge in [0.25, 0.3) is 0 Å². The smallest absolute Gasteiger partial charge is 0.294 e. The van der Waals surface area contributed by atoms with Crippen molar-refractivity contribution in [2.45, 2.75) is 39.5 Å². The lowest BCUT2D eigenvalue weighted by molar-refractivity contribution is -0.137. The van der Waals surface area contributed by atoms with Gasteiger partial charge in [-0.05, 0) is 26.0 Å². The van der Waals surface area contributed by atoms with Crippen LogP contribution in [-0.4, -0.2) is 31.2 Å². The van der Waals surface area contributed by atoms with Crippen LogP contribution < -0.4 is 0 Å². The Bertz CT molecular complexity index is 1040. The van der Waals surface area contributed by atoms with E-state index in [1.165, 1.54) is 23.4 Å². The Morgan fingerprint density at radius 2 is 1.83 bits per heavy atom. The van der Waals surface area contributed by atoms with Gasteiger partial charge >= 0.3 is 6.18 Å². The third-order valence-corrected chi connectivity index (χ3v) is 5.52. The first-order chi connectivity index (χ1) is 13.7. The summed E-state index contributed by atoms with van der Waals surface area (Å²) in [6.07, 6.45) is -1.77. The maximum atomic E-state index is 12.8. The van der Waals surface area contributed by atoms with Crippen LogP contribution >= 0.6 is 0 Å². The molecule has 2 aromatic heterocycles. The fraction of sp³-hybridized carbons (Fsp3) is 0.381. The SMILES string of the molecule is Cc1nn(C)c(C)c1CN1CCc2nc(-c3ccc(C(F)(F)F)cc3)ncc2C1. The Morgan fingerprint density at radius 1 is 1.10 bits per heavy atom. The van der Waals surface area contributed by atoms with Crippen LogP contribution in [0.2, 0.25) is 0 Å². The van der Waals surface area contributed by atoms with Gasteiger partial charge in [0.1, 0.15) is 0 Å². The Morgan fingerprint density at radius 3 is 2.45 bits per heavy atom. The lowest BCUT2D eigenvalue weighted by Gasteiger charge is -2.28. The first-order valence-electron chi connectivity index (χ1n) is 9.46. The lowest BCUT2D eigenvalue weighted by Crippen LogP contribution is -2.31. The molecule has 29 heavy (non-hydrogen) atoms. The van der Waals surface area contributed by atoms with Crippen LogP contribution in [0.15, 0.2) is 30.5 Å². The summed E-state index contributed by atoms with van der Waals surface area (Å²) in [5.41, 5.74) is 5.41. The van der Waals surface area contributed by atoms with Crippen molar-refractivity contribution in [3.63, 3.8) is 0 Å². The van der Waals surface area contributed by atoms with Gasteiger partial charge in [0.2, 0.25) is 0 Å². The predicted octanol–water partition coefficient (Wildman–Crippen LogP) is 4.07. The number of hydrogen-bond acceptors (Lipinski definition) is 4. The molecule has 3 aromatic rings. The summed E-state index contributed by atoms with van der Waals surface area (Å²) in [7, 11) is 1.95. The molecule has 0 atom stereocenters. The normalized spacial score (nSPS) is 14.8. The van der Waals surface area contributed by atoms with Crippen molar-refractivity contribution >= 4 is 0 Å². The number of alkyl halides is 3. The number of aryl methyl sites for hydroxylation is 2. The van der Waals surface area contributed by atoms with Crippen LogP contribution in [0.4, 0.5) is 13.2 Å². The average Bonchev–Trinajstić information content (AvgIpc) is 2.93. The van der Waals surface area contributed by atoms with Gasteiger partial charge in [-0.1, -0.05) is 12.1 Å². The molecule has 0 amide bonds. The number of fused-ring (bicyclic) bond motifs is 1. The highest BCUT2D eigenvalue weighted by atomic mass is 19.4. The molecule has 1 aromatic carbocycles. The number of benzene rings is 1.